The minimum absolute atomic E-state index is 0.219. The van der Waals surface area contributed by atoms with Crippen LogP contribution in [0, 0.1) is 0 Å². The van der Waals surface area contributed by atoms with Crippen molar-refractivity contribution in [3.63, 3.8) is 0 Å². The van der Waals surface area contributed by atoms with Gasteiger partial charge in [-0.2, -0.15) is 0 Å². The van der Waals surface area contributed by atoms with Crippen molar-refractivity contribution in [2.75, 3.05) is 13.2 Å². The van der Waals surface area contributed by atoms with Crippen molar-refractivity contribution in [2.45, 2.75) is 193 Å². The number of ether oxygens (including phenoxy) is 2. The molecule has 0 saturated heterocycles. The van der Waals surface area contributed by atoms with E-state index < -0.39 is 32.5 Å². The smallest absolute Gasteiger partial charge is 0.462 e. The van der Waals surface area contributed by atoms with Crippen molar-refractivity contribution in [2.24, 2.45) is 0 Å². The Bertz CT molecular complexity index is 681. The summed E-state index contributed by atoms with van der Waals surface area (Å²) >= 11 is 0. The highest BCUT2D eigenvalue weighted by atomic mass is 31.2. The number of hydrogen-bond donors (Lipinski definition) is 2. The summed E-state index contributed by atoms with van der Waals surface area (Å²) in [5.41, 5.74) is 0. The lowest BCUT2D eigenvalue weighted by molar-refractivity contribution is -0.161. The predicted molar refractivity (Wildman–Crippen MR) is 175 cm³/mol. The van der Waals surface area contributed by atoms with Crippen LogP contribution in [0.15, 0.2) is 0 Å². The molecule has 9 heteroatoms. The quantitative estimate of drug-likeness (QED) is 0.0416. The van der Waals surface area contributed by atoms with Crippen molar-refractivity contribution >= 4 is 19.8 Å². The van der Waals surface area contributed by atoms with Crippen LogP contribution in [0.5, 0.6) is 0 Å². The standard InChI is InChI=1S/C34H67O8P/c1-3-5-7-9-10-11-12-13-14-15-16-17-18-19-20-21-22-23-24-25-27-29-34(36)42-32(31-41-43(37,38)39)30-40-33(35)28-26-8-6-4-2/h32H,3-31H2,1-2H3,(H2,37,38,39). The van der Waals surface area contributed by atoms with Crippen LogP contribution in [0.1, 0.15) is 187 Å². The molecule has 0 fully saturated rings. The molecule has 1 unspecified atom stereocenters. The molecule has 0 rings (SSSR count). The van der Waals surface area contributed by atoms with E-state index >= 15 is 0 Å². The highest BCUT2D eigenvalue weighted by molar-refractivity contribution is 7.46. The summed E-state index contributed by atoms with van der Waals surface area (Å²) in [6.07, 6.45) is 30.4. The summed E-state index contributed by atoms with van der Waals surface area (Å²) in [5.74, 6) is -0.895. The lowest BCUT2D eigenvalue weighted by atomic mass is 10.0. The Kier molecular flexibility index (Phi) is 30.4. The molecule has 0 radical (unpaired) electrons. The Morgan fingerprint density at radius 2 is 0.837 bits per heavy atom. The van der Waals surface area contributed by atoms with E-state index in [2.05, 4.69) is 18.4 Å². The van der Waals surface area contributed by atoms with Gasteiger partial charge in [0.25, 0.3) is 0 Å². The van der Waals surface area contributed by atoms with E-state index in [1.165, 1.54) is 116 Å². The number of carbonyl (C=O) groups excluding carboxylic acids is 2. The average Bonchev–Trinajstić information content (AvgIpc) is 2.97. The van der Waals surface area contributed by atoms with E-state index in [9.17, 15) is 14.2 Å². The van der Waals surface area contributed by atoms with Crippen molar-refractivity contribution in [3.05, 3.63) is 0 Å². The summed E-state index contributed by atoms with van der Waals surface area (Å²) in [4.78, 5) is 42.1. The van der Waals surface area contributed by atoms with Crippen LogP contribution >= 0.6 is 7.82 Å². The summed E-state index contributed by atoms with van der Waals surface area (Å²) in [5, 5.41) is 0. The van der Waals surface area contributed by atoms with Gasteiger partial charge in [0.2, 0.25) is 0 Å². The van der Waals surface area contributed by atoms with Gasteiger partial charge in [-0.3, -0.25) is 14.1 Å². The highest BCUT2D eigenvalue weighted by Gasteiger charge is 2.22. The molecule has 0 aromatic heterocycles. The summed E-state index contributed by atoms with van der Waals surface area (Å²) in [6.45, 7) is 3.55. The molecule has 2 N–H and O–H groups in total. The molecular formula is C34H67O8P. The maximum Gasteiger partial charge on any atom is 0.469 e. The molecule has 0 spiro atoms. The van der Waals surface area contributed by atoms with Gasteiger partial charge in [0.05, 0.1) is 6.61 Å². The molecule has 1 atom stereocenters. The zero-order chi connectivity index (χ0) is 31.9. The predicted octanol–water partition coefficient (Wildman–Crippen LogP) is 10.1. The van der Waals surface area contributed by atoms with E-state index in [1.54, 1.807) is 0 Å². The molecule has 0 amide bonds. The topological polar surface area (TPSA) is 119 Å². The second kappa shape index (κ2) is 31.0. The van der Waals surface area contributed by atoms with Crippen molar-refractivity contribution < 1.29 is 37.9 Å². The number of hydrogen-bond acceptors (Lipinski definition) is 6. The van der Waals surface area contributed by atoms with Gasteiger partial charge in [-0.25, -0.2) is 4.57 Å². The fourth-order valence-corrected chi connectivity index (χ4v) is 5.56. The monoisotopic (exact) mass is 634 g/mol. The number of phosphoric acid groups is 1. The first-order chi connectivity index (χ1) is 20.8. The normalized spacial score (nSPS) is 12.4. The molecule has 0 aliphatic carbocycles. The third-order valence-electron chi connectivity index (χ3n) is 7.88. The molecule has 0 aromatic carbocycles. The third kappa shape index (κ3) is 33.8. The average molecular weight is 635 g/mol. The van der Waals surface area contributed by atoms with Crippen LogP contribution in [0.4, 0.5) is 0 Å². The number of esters is 2. The largest absolute Gasteiger partial charge is 0.469 e. The van der Waals surface area contributed by atoms with Crippen LogP contribution in [0.25, 0.3) is 0 Å². The molecule has 0 aliphatic rings. The molecule has 0 aromatic rings. The summed E-state index contributed by atoms with van der Waals surface area (Å²) in [7, 11) is -4.73. The highest BCUT2D eigenvalue weighted by Crippen LogP contribution is 2.36. The molecule has 0 saturated carbocycles. The second-order valence-electron chi connectivity index (χ2n) is 12.2. The minimum atomic E-state index is -4.73. The van der Waals surface area contributed by atoms with E-state index in [1.807, 2.05) is 0 Å². The van der Waals surface area contributed by atoms with Crippen molar-refractivity contribution in [1.29, 1.82) is 0 Å². The van der Waals surface area contributed by atoms with Crippen LogP contribution in [0.2, 0.25) is 0 Å². The second-order valence-corrected chi connectivity index (χ2v) is 13.5. The van der Waals surface area contributed by atoms with E-state index in [0.29, 0.717) is 6.42 Å². The first-order valence-electron chi connectivity index (χ1n) is 17.8. The lowest BCUT2D eigenvalue weighted by Gasteiger charge is -2.18. The first kappa shape index (κ1) is 42.0. The van der Waals surface area contributed by atoms with Gasteiger partial charge in [0.1, 0.15) is 6.61 Å². The van der Waals surface area contributed by atoms with Crippen LogP contribution in [0.3, 0.4) is 0 Å². The van der Waals surface area contributed by atoms with Gasteiger partial charge >= 0.3 is 19.8 Å². The van der Waals surface area contributed by atoms with Gasteiger partial charge in [-0.1, -0.05) is 162 Å². The van der Waals surface area contributed by atoms with E-state index in [4.69, 9.17) is 19.3 Å². The number of carbonyl (C=O) groups is 2. The fourth-order valence-electron chi connectivity index (χ4n) is 5.20. The van der Waals surface area contributed by atoms with Gasteiger partial charge in [0, 0.05) is 12.8 Å². The third-order valence-corrected chi connectivity index (χ3v) is 8.36. The maximum atomic E-state index is 12.3. The minimum Gasteiger partial charge on any atom is -0.462 e. The molecule has 43 heavy (non-hydrogen) atoms. The van der Waals surface area contributed by atoms with Crippen LogP contribution in [-0.4, -0.2) is 41.0 Å². The maximum absolute atomic E-state index is 12.3. The van der Waals surface area contributed by atoms with Gasteiger partial charge in [-0.05, 0) is 12.8 Å². The Labute approximate surface area is 264 Å². The van der Waals surface area contributed by atoms with Gasteiger partial charge < -0.3 is 19.3 Å². The zero-order valence-corrected chi connectivity index (χ0v) is 28.8. The van der Waals surface area contributed by atoms with Crippen molar-refractivity contribution in [3.8, 4) is 0 Å². The van der Waals surface area contributed by atoms with E-state index in [-0.39, 0.29) is 19.4 Å². The number of rotatable bonds is 33. The Morgan fingerprint density at radius 1 is 0.512 bits per heavy atom. The molecule has 0 bridgehead atoms. The summed E-state index contributed by atoms with van der Waals surface area (Å²) < 4.78 is 26.0. The van der Waals surface area contributed by atoms with Crippen LogP contribution in [-0.2, 0) is 28.2 Å². The first-order valence-corrected chi connectivity index (χ1v) is 19.4. The zero-order valence-electron chi connectivity index (χ0n) is 27.9. The molecule has 8 nitrogen and oxygen atoms in total. The fraction of sp³-hybridized carbons (Fsp3) is 0.941. The van der Waals surface area contributed by atoms with E-state index in [0.717, 1.165) is 38.5 Å². The molecule has 256 valence electrons. The molecular weight excluding hydrogens is 567 g/mol. The Balaban J connectivity index is 3.71. The molecule has 0 heterocycles. The van der Waals surface area contributed by atoms with Crippen molar-refractivity contribution in [1.82, 2.24) is 0 Å². The Morgan fingerprint density at radius 3 is 1.21 bits per heavy atom. The SMILES string of the molecule is CCCCCCCCCCCCCCCCCCCCCCCC(=O)OC(COC(=O)CCCCCC)COP(=O)(O)O. The Hall–Kier alpha value is -0.950. The summed E-state index contributed by atoms with van der Waals surface area (Å²) in [6, 6.07) is 0. The molecule has 0 aliphatic heterocycles. The number of phosphoric ester groups is 1. The van der Waals surface area contributed by atoms with Gasteiger partial charge in [0.15, 0.2) is 6.10 Å². The van der Waals surface area contributed by atoms with Gasteiger partial charge in [-0.15, -0.1) is 0 Å². The lowest BCUT2D eigenvalue weighted by Crippen LogP contribution is -2.29. The number of unbranched alkanes of at least 4 members (excludes halogenated alkanes) is 23. The van der Waals surface area contributed by atoms with Crippen LogP contribution < -0.4 is 0 Å².